The highest BCUT2D eigenvalue weighted by atomic mass is 35.5. The van der Waals surface area contributed by atoms with Crippen LogP contribution in [0.1, 0.15) is 41.4 Å². The molecule has 0 amide bonds. The lowest BCUT2D eigenvalue weighted by Crippen LogP contribution is -2.21. The number of halogens is 1. The number of nitrogens with one attached hydrogen (secondary N) is 1. The highest BCUT2D eigenvalue weighted by molar-refractivity contribution is 7.16. The van der Waals surface area contributed by atoms with Crippen LogP contribution >= 0.6 is 34.3 Å². The molecule has 1 N–H and O–H groups in total. The van der Waals surface area contributed by atoms with Gasteiger partial charge in [0.1, 0.15) is 0 Å². The molecular formula is C12H15ClN2S2. The topological polar surface area (TPSA) is 24.9 Å². The predicted octanol–water partition coefficient (Wildman–Crippen LogP) is 4.58. The lowest BCUT2D eigenvalue weighted by molar-refractivity contribution is 0.503. The molecule has 17 heavy (non-hydrogen) atoms. The van der Waals surface area contributed by atoms with Crippen LogP contribution in [0.2, 0.25) is 4.34 Å². The Morgan fingerprint density at radius 1 is 1.29 bits per heavy atom. The SMILES string of the molecule is Cc1ncsc1C(C)NC(C)c1ccc(Cl)s1. The van der Waals surface area contributed by atoms with Crippen LogP contribution < -0.4 is 5.32 Å². The van der Waals surface area contributed by atoms with Gasteiger partial charge >= 0.3 is 0 Å². The number of aryl methyl sites for hydroxylation is 1. The summed E-state index contributed by atoms with van der Waals surface area (Å²) in [5.41, 5.74) is 3.02. The van der Waals surface area contributed by atoms with Crippen LogP contribution in [0.15, 0.2) is 17.6 Å². The van der Waals surface area contributed by atoms with Crippen molar-refractivity contribution < 1.29 is 0 Å². The van der Waals surface area contributed by atoms with E-state index < -0.39 is 0 Å². The second-order valence-electron chi connectivity index (χ2n) is 4.05. The Morgan fingerprint density at radius 2 is 2.06 bits per heavy atom. The van der Waals surface area contributed by atoms with E-state index >= 15 is 0 Å². The summed E-state index contributed by atoms with van der Waals surface area (Å²) in [5.74, 6) is 0. The van der Waals surface area contributed by atoms with Gasteiger partial charge in [-0.25, -0.2) is 4.98 Å². The third-order valence-electron chi connectivity index (χ3n) is 2.70. The first kappa shape index (κ1) is 13.0. The van der Waals surface area contributed by atoms with Gasteiger partial charge in [-0.1, -0.05) is 11.6 Å². The monoisotopic (exact) mass is 286 g/mol. The molecule has 0 fully saturated rings. The lowest BCUT2D eigenvalue weighted by Gasteiger charge is -2.18. The van der Waals surface area contributed by atoms with Gasteiger partial charge in [0, 0.05) is 21.8 Å². The number of thiophene rings is 1. The van der Waals surface area contributed by atoms with Gasteiger partial charge in [-0.2, -0.15) is 0 Å². The van der Waals surface area contributed by atoms with Gasteiger partial charge in [0.15, 0.2) is 0 Å². The van der Waals surface area contributed by atoms with Crippen molar-refractivity contribution in [3.8, 4) is 0 Å². The molecule has 0 bridgehead atoms. The van der Waals surface area contributed by atoms with Crippen molar-refractivity contribution in [1.82, 2.24) is 10.3 Å². The predicted molar refractivity (Wildman–Crippen MR) is 76.1 cm³/mol. The highest BCUT2D eigenvalue weighted by Gasteiger charge is 2.15. The molecule has 0 saturated carbocycles. The molecule has 0 aliphatic rings. The maximum atomic E-state index is 5.95. The highest BCUT2D eigenvalue weighted by Crippen LogP contribution is 2.29. The van der Waals surface area contributed by atoms with Gasteiger partial charge in [-0.05, 0) is 32.9 Å². The van der Waals surface area contributed by atoms with Crippen LogP contribution in [0.3, 0.4) is 0 Å². The normalized spacial score (nSPS) is 14.8. The third-order valence-corrected chi connectivity index (χ3v) is 5.22. The lowest BCUT2D eigenvalue weighted by atomic mass is 10.2. The molecule has 2 nitrogen and oxygen atoms in total. The van der Waals surface area contributed by atoms with Crippen LogP contribution in [0.4, 0.5) is 0 Å². The number of aromatic nitrogens is 1. The van der Waals surface area contributed by atoms with Crippen molar-refractivity contribution in [2.24, 2.45) is 0 Å². The number of thiazole rings is 1. The number of hydrogen-bond donors (Lipinski definition) is 1. The van der Waals surface area contributed by atoms with E-state index in [-0.39, 0.29) is 0 Å². The Balaban J connectivity index is 2.04. The van der Waals surface area contributed by atoms with Crippen molar-refractivity contribution in [1.29, 1.82) is 0 Å². The fraction of sp³-hybridized carbons (Fsp3) is 0.417. The molecule has 5 heteroatoms. The average Bonchev–Trinajstić information content (AvgIpc) is 2.86. The van der Waals surface area contributed by atoms with Crippen molar-refractivity contribution in [3.63, 3.8) is 0 Å². The van der Waals surface area contributed by atoms with E-state index in [2.05, 4.69) is 37.1 Å². The summed E-state index contributed by atoms with van der Waals surface area (Å²) in [7, 11) is 0. The summed E-state index contributed by atoms with van der Waals surface area (Å²) in [6.07, 6.45) is 0. The fourth-order valence-electron chi connectivity index (χ4n) is 1.82. The number of rotatable bonds is 4. The van der Waals surface area contributed by atoms with Gasteiger partial charge in [-0.3, -0.25) is 0 Å². The zero-order valence-corrected chi connectivity index (χ0v) is 12.4. The van der Waals surface area contributed by atoms with Gasteiger partial charge < -0.3 is 5.32 Å². The largest absolute Gasteiger partial charge is 0.302 e. The van der Waals surface area contributed by atoms with Crippen LogP contribution in [-0.4, -0.2) is 4.98 Å². The maximum absolute atomic E-state index is 5.95. The maximum Gasteiger partial charge on any atom is 0.0931 e. The quantitative estimate of drug-likeness (QED) is 0.890. The van der Waals surface area contributed by atoms with E-state index in [0.29, 0.717) is 12.1 Å². The summed E-state index contributed by atoms with van der Waals surface area (Å²) >= 11 is 9.28. The molecule has 2 atom stereocenters. The molecule has 0 saturated heterocycles. The Labute approximate surface area is 115 Å². The molecule has 2 rings (SSSR count). The van der Waals surface area contributed by atoms with Crippen molar-refractivity contribution in [3.05, 3.63) is 37.4 Å². The van der Waals surface area contributed by atoms with Gasteiger partial charge in [0.05, 0.1) is 15.5 Å². The van der Waals surface area contributed by atoms with Crippen LogP contribution in [0, 0.1) is 6.92 Å². The minimum atomic E-state index is 0.309. The molecular weight excluding hydrogens is 272 g/mol. The molecule has 2 aromatic heterocycles. The minimum absolute atomic E-state index is 0.309. The Bertz CT molecular complexity index is 492. The van der Waals surface area contributed by atoms with E-state index in [1.165, 1.54) is 9.75 Å². The zero-order valence-electron chi connectivity index (χ0n) is 10.0. The first-order valence-corrected chi connectivity index (χ1v) is 7.56. The molecule has 0 aliphatic heterocycles. The summed E-state index contributed by atoms with van der Waals surface area (Å²) in [4.78, 5) is 6.85. The van der Waals surface area contributed by atoms with Crippen LogP contribution in [-0.2, 0) is 0 Å². The first-order valence-electron chi connectivity index (χ1n) is 5.49. The molecule has 0 aliphatic carbocycles. The molecule has 92 valence electrons. The Kier molecular flexibility index (Phi) is 4.20. The van der Waals surface area contributed by atoms with E-state index in [1.807, 2.05) is 11.6 Å². The van der Waals surface area contributed by atoms with Crippen LogP contribution in [0.25, 0.3) is 0 Å². The summed E-state index contributed by atoms with van der Waals surface area (Å²) in [6.45, 7) is 6.39. The standard InChI is InChI=1S/C12H15ClN2S2/c1-7(10-4-5-11(13)17-10)15-9(3)12-8(2)14-6-16-12/h4-7,9,15H,1-3H3. The van der Waals surface area contributed by atoms with E-state index in [0.717, 1.165) is 10.0 Å². The molecule has 0 aromatic carbocycles. The number of hydrogen-bond acceptors (Lipinski definition) is 4. The summed E-state index contributed by atoms with van der Waals surface area (Å²) in [6, 6.07) is 4.65. The molecule has 0 spiro atoms. The van der Waals surface area contributed by atoms with E-state index in [1.54, 1.807) is 22.7 Å². The van der Waals surface area contributed by atoms with Gasteiger partial charge in [0.2, 0.25) is 0 Å². The average molecular weight is 287 g/mol. The minimum Gasteiger partial charge on any atom is -0.302 e. The van der Waals surface area contributed by atoms with Gasteiger partial charge in [0.25, 0.3) is 0 Å². The summed E-state index contributed by atoms with van der Waals surface area (Å²) < 4.78 is 0.843. The molecule has 2 aromatic rings. The Morgan fingerprint density at radius 3 is 2.59 bits per heavy atom. The smallest absolute Gasteiger partial charge is 0.0931 e. The second kappa shape index (κ2) is 5.48. The summed E-state index contributed by atoms with van der Waals surface area (Å²) in [5, 5.41) is 3.57. The fourth-order valence-corrected chi connectivity index (χ4v) is 3.71. The number of nitrogens with zero attached hydrogens (tertiary/aromatic N) is 1. The van der Waals surface area contributed by atoms with Crippen molar-refractivity contribution in [2.75, 3.05) is 0 Å². The van der Waals surface area contributed by atoms with Crippen molar-refractivity contribution in [2.45, 2.75) is 32.9 Å². The molecule has 0 radical (unpaired) electrons. The zero-order chi connectivity index (χ0) is 12.4. The first-order chi connectivity index (χ1) is 8.08. The van der Waals surface area contributed by atoms with Gasteiger partial charge in [-0.15, -0.1) is 22.7 Å². The Hall–Kier alpha value is -0.420. The molecule has 2 heterocycles. The van der Waals surface area contributed by atoms with Crippen molar-refractivity contribution >= 4 is 34.3 Å². The molecule has 2 unspecified atom stereocenters. The van der Waals surface area contributed by atoms with E-state index in [9.17, 15) is 0 Å². The third kappa shape index (κ3) is 3.07. The van der Waals surface area contributed by atoms with Crippen LogP contribution in [0.5, 0.6) is 0 Å². The van der Waals surface area contributed by atoms with E-state index in [4.69, 9.17) is 11.6 Å². The second-order valence-corrected chi connectivity index (χ2v) is 6.69.